The fraction of sp³-hybridized carbons (Fsp3) is 0.286. The van der Waals surface area contributed by atoms with Crippen LogP contribution in [0.4, 0.5) is 0 Å². The van der Waals surface area contributed by atoms with E-state index in [9.17, 15) is 0 Å². The smallest absolute Gasteiger partial charge is 0.159 e. The van der Waals surface area contributed by atoms with Gasteiger partial charge in [-0.1, -0.05) is 16.8 Å². The van der Waals surface area contributed by atoms with Gasteiger partial charge in [0.25, 0.3) is 0 Å². The van der Waals surface area contributed by atoms with Gasteiger partial charge in [-0.05, 0) is 13.0 Å². The van der Waals surface area contributed by atoms with Crippen molar-refractivity contribution in [2.75, 3.05) is 0 Å². The van der Waals surface area contributed by atoms with Crippen LogP contribution >= 0.6 is 11.6 Å². The van der Waals surface area contributed by atoms with Gasteiger partial charge < -0.3 is 0 Å². The zero-order chi connectivity index (χ0) is 8.72. The maximum absolute atomic E-state index is 5.85. The number of nitrogens with zero attached hydrogens (tertiary/aromatic N) is 4. The highest BCUT2D eigenvalue weighted by atomic mass is 35.5. The minimum Gasteiger partial charge on any atom is -0.248 e. The van der Waals surface area contributed by atoms with Crippen molar-refractivity contribution in [3.8, 4) is 0 Å². The van der Waals surface area contributed by atoms with Crippen LogP contribution in [0.3, 0.4) is 0 Å². The van der Waals surface area contributed by atoms with Gasteiger partial charge in [-0.15, -0.1) is 5.10 Å². The molecule has 0 aliphatic carbocycles. The molecule has 0 fully saturated rings. The lowest BCUT2D eigenvalue weighted by Crippen LogP contribution is -1.90. The van der Waals surface area contributed by atoms with Gasteiger partial charge >= 0.3 is 0 Å². The molecule has 62 valence electrons. The molecule has 0 aliphatic heterocycles. The Morgan fingerprint density at radius 2 is 2.25 bits per heavy atom. The van der Waals surface area contributed by atoms with Crippen molar-refractivity contribution in [2.24, 2.45) is 7.05 Å². The quantitative estimate of drug-likeness (QED) is 0.578. The minimum absolute atomic E-state index is 0.415. The number of fused-ring (bicyclic) bond motifs is 1. The summed E-state index contributed by atoms with van der Waals surface area (Å²) in [6.45, 7) is 1.89. The molecule has 0 atom stereocenters. The molecule has 5 heteroatoms. The summed E-state index contributed by atoms with van der Waals surface area (Å²) in [7, 11) is 1.82. The second kappa shape index (κ2) is 2.42. The molecule has 0 aromatic carbocycles. The van der Waals surface area contributed by atoms with E-state index in [1.54, 1.807) is 4.68 Å². The van der Waals surface area contributed by atoms with Crippen LogP contribution in [0.15, 0.2) is 6.07 Å². The monoisotopic (exact) mass is 182 g/mol. The third kappa shape index (κ3) is 0.956. The van der Waals surface area contributed by atoms with Gasteiger partial charge in [0, 0.05) is 12.7 Å². The standard InChI is InChI=1S/C7H7ClN4/c1-4-3-5-6(7(8)9-4)10-11-12(5)2/h3H,1-2H3. The van der Waals surface area contributed by atoms with Crippen LogP contribution < -0.4 is 0 Å². The van der Waals surface area contributed by atoms with E-state index in [1.807, 2.05) is 20.0 Å². The van der Waals surface area contributed by atoms with E-state index in [0.717, 1.165) is 11.2 Å². The van der Waals surface area contributed by atoms with E-state index in [1.165, 1.54) is 0 Å². The molecule has 0 unspecified atom stereocenters. The molecule has 12 heavy (non-hydrogen) atoms. The second-order valence-electron chi connectivity index (χ2n) is 2.64. The maximum atomic E-state index is 5.85. The number of aryl methyl sites for hydroxylation is 2. The highest BCUT2D eigenvalue weighted by molar-refractivity contribution is 6.33. The molecule has 0 N–H and O–H groups in total. The summed E-state index contributed by atoms with van der Waals surface area (Å²) in [5, 5.41) is 8.13. The predicted octanol–water partition coefficient (Wildman–Crippen LogP) is 1.33. The molecule has 2 heterocycles. The van der Waals surface area contributed by atoms with E-state index in [0.29, 0.717) is 10.7 Å². The summed E-state index contributed by atoms with van der Waals surface area (Å²) in [5.74, 6) is 0. The fourth-order valence-corrected chi connectivity index (χ4v) is 1.38. The van der Waals surface area contributed by atoms with Crippen molar-refractivity contribution in [3.05, 3.63) is 16.9 Å². The topological polar surface area (TPSA) is 43.6 Å². The SMILES string of the molecule is Cc1cc2c(nnn2C)c(Cl)n1. The van der Waals surface area contributed by atoms with Crippen LogP contribution in [0.1, 0.15) is 5.69 Å². The van der Waals surface area contributed by atoms with E-state index in [4.69, 9.17) is 11.6 Å². The number of aromatic nitrogens is 4. The summed E-state index contributed by atoms with van der Waals surface area (Å²) >= 11 is 5.85. The van der Waals surface area contributed by atoms with Crippen LogP contribution in [-0.4, -0.2) is 20.0 Å². The summed E-state index contributed by atoms with van der Waals surface area (Å²) in [4.78, 5) is 4.06. The third-order valence-corrected chi connectivity index (χ3v) is 1.95. The van der Waals surface area contributed by atoms with Crippen molar-refractivity contribution in [3.63, 3.8) is 0 Å². The Labute approximate surface area is 74.2 Å². The Balaban J connectivity index is 2.92. The molecule has 2 aromatic heterocycles. The molecule has 0 radical (unpaired) electrons. The van der Waals surface area contributed by atoms with Crippen molar-refractivity contribution in [1.29, 1.82) is 0 Å². The first-order valence-corrected chi connectivity index (χ1v) is 3.89. The van der Waals surface area contributed by atoms with Crippen LogP contribution in [0.25, 0.3) is 11.0 Å². The van der Waals surface area contributed by atoms with Gasteiger partial charge in [-0.2, -0.15) is 0 Å². The van der Waals surface area contributed by atoms with E-state index >= 15 is 0 Å². The van der Waals surface area contributed by atoms with Crippen molar-refractivity contribution in [2.45, 2.75) is 6.92 Å². The molecule has 0 saturated carbocycles. The van der Waals surface area contributed by atoms with Crippen LogP contribution in [-0.2, 0) is 7.05 Å². The molecule has 2 rings (SSSR count). The molecule has 0 aliphatic rings. The third-order valence-electron chi connectivity index (χ3n) is 1.69. The first-order chi connectivity index (χ1) is 5.68. The van der Waals surface area contributed by atoms with Crippen molar-refractivity contribution in [1.82, 2.24) is 20.0 Å². The summed E-state index contributed by atoms with van der Waals surface area (Å²) in [6.07, 6.45) is 0. The molecule has 2 aromatic rings. The molecule has 0 saturated heterocycles. The molecule has 0 spiro atoms. The predicted molar refractivity (Wildman–Crippen MR) is 46.1 cm³/mol. The maximum Gasteiger partial charge on any atom is 0.159 e. The fourth-order valence-electron chi connectivity index (χ4n) is 1.11. The van der Waals surface area contributed by atoms with Crippen molar-refractivity contribution >= 4 is 22.6 Å². The number of hydrogen-bond acceptors (Lipinski definition) is 3. The Morgan fingerprint density at radius 1 is 1.50 bits per heavy atom. The van der Waals surface area contributed by atoms with Crippen LogP contribution in [0.2, 0.25) is 5.15 Å². The average Bonchev–Trinajstić information content (AvgIpc) is 2.33. The van der Waals surface area contributed by atoms with Gasteiger partial charge in [0.05, 0.1) is 5.52 Å². The number of halogens is 1. The molecular weight excluding hydrogens is 176 g/mol. The van der Waals surface area contributed by atoms with Gasteiger partial charge in [0.15, 0.2) is 5.15 Å². The Hall–Kier alpha value is -1.16. The lowest BCUT2D eigenvalue weighted by Gasteiger charge is -1.95. The van der Waals surface area contributed by atoms with E-state index < -0.39 is 0 Å². The van der Waals surface area contributed by atoms with Gasteiger partial charge in [0.1, 0.15) is 5.52 Å². The first-order valence-electron chi connectivity index (χ1n) is 3.51. The zero-order valence-corrected chi connectivity index (χ0v) is 7.50. The second-order valence-corrected chi connectivity index (χ2v) is 2.99. The first kappa shape index (κ1) is 7.49. The Bertz CT molecular complexity index is 434. The highest BCUT2D eigenvalue weighted by Gasteiger charge is 2.06. The average molecular weight is 183 g/mol. The summed E-state index contributed by atoms with van der Waals surface area (Å²) in [6, 6.07) is 1.90. The molecule has 0 bridgehead atoms. The van der Waals surface area contributed by atoms with Gasteiger partial charge in [0.2, 0.25) is 0 Å². The largest absolute Gasteiger partial charge is 0.248 e. The summed E-state index contributed by atoms with van der Waals surface area (Å²) < 4.78 is 1.68. The lowest BCUT2D eigenvalue weighted by molar-refractivity contribution is 0.736. The van der Waals surface area contributed by atoms with Gasteiger partial charge in [-0.3, -0.25) is 0 Å². The van der Waals surface area contributed by atoms with Crippen LogP contribution in [0.5, 0.6) is 0 Å². The normalized spacial score (nSPS) is 10.9. The Kier molecular flexibility index (Phi) is 1.51. The minimum atomic E-state index is 0.415. The molecule has 0 amide bonds. The summed E-state index contributed by atoms with van der Waals surface area (Å²) in [5.41, 5.74) is 2.44. The van der Waals surface area contributed by atoms with E-state index in [2.05, 4.69) is 15.3 Å². The molecule has 4 nitrogen and oxygen atoms in total. The highest BCUT2D eigenvalue weighted by Crippen LogP contribution is 2.18. The van der Waals surface area contributed by atoms with E-state index in [-0.39, 0.29) is 0 Å². The Morgan fingerprint density at radius 3 is 3.00 bits per heavy atom. The number of pyridine rings is 1. The van der Waals surface area contributed by atoms with Gasteiger partial charge in [-0.25, -0.2) is 9.67 Å². The zero-order valence-electron chi connectivity index (χ0n) is 6.74. The number of rotatable bonds is 0. The van der Waals surface area contributed by atoms with Crippen LogP contribution in [0, 0.1) is 6.92 Å². The molecular formula is C7H7ClN4. The lowest BCUT2D eigenvalue weighted by atomic mass is 10.3. The number of hydrogen-bond donors (Lipinski definition) is 0. The van der Waals surface area contributed by atoms with Crippen molar-refractivity contribution < 1.29 is 0 Å².